The van der Waals surface area contributed by atoms with E-state index in [4.69, 9.17) is 43.4 Å². The van der Waals surface area contributed by atoms with Crippen LogP contribution in [-0.4, -0.2) is 27.2 Å². The van der Waals surface area contributed by atoms with Gasteiger partial charge in [0.05, 0.1) is 17.2 Å². The Morgan fingerprint density at radius 1 is 1.10 bits per heavy atom. The summed E-state index contributed by atoms with van der Waals surface area (Å²) < 4.78 is 33.4. The Balaban J connectivity index is 2.77. The van der Waals surface area contributed by atoms with Crippen LogP contribution in [0.4, 0.5) is 0 Å². The number of hydrogen-bond donors (Lipinski definition) is 0. The van der Waals surface area contributed by atoms with Gasteiger partial charge in [0.15, 0.2) is 0 Å². The minimum atomic E-state index is -3.94. The first kappa shape index (κ1) is 17.9. The highest BCUT2D eigenvalue weighted by atomic mass is 35.7. The standard InChI is InChI=1S/C12H15Cl3O4S/c1-12(2,3)19-7-6-18-8-4-5-9(20(15,16)17)11(14)10(8)13/h4-5H,6-7H2,1-3H3. The van der Waals surface area contributed by atoms with Gasteiger partial charge in [-0.2, -0.15) is 0 Å². The summed E-state index contributed by atoms with van der Waals surface area (Å²) in [6, 6.07) is 2.65. The minimum Gasteiger partial charge on any atom is -0.490 e. The molecule has 1 aromatic carbocycles. The fourth-order valence-corrected chi connectivity index (χ4v) is 3.10. The third kappa shape index (κ3) is 5.30. The van der Waals surface area contributed by atoms with Crippen LogP contribution in [0.3, 0.4) is 0 Å². The maximum Gasteiger partial charge on any atom is 0.262 e. The van der Waals surface area contributed by atoms with E-state index in [-0.39, 0.29) is 32.9 Å². The second-order valence-electron chi connectivity index (χ2n) is 4.94. The van der Waals surface area contributed by atoms with Crippen LogP contribution in [-0.2, 0) is 13.8 Å². The van der Waals surface area contributed by atoms with Crippen molar-refractivity contribution in [1.82, 2.24) is 0 Å². The van der Waals surface area contributed by atoms with Crippen LogP contribution in [0.15, 0.2) is 17.0 Å². The summed E-state index contributed by atoms with van der Waals surface area (Å²) in [7, 11) is 1.29. The van der Waals surface area contributed by atoms with Gasteiger partial charge in [-0.3, -0.25) is 0 Å². The van der Waals surface area contributed by atoms with E-state index in [9.17, 15) is 8.42 Å². The molecule has 0 aliphatic rings. The normalized spacial score (nSPS) is 12.5. The second kappa shape index (κ2) is 6.71. The molecule has 8 heteroatoms. The lowest BCUT2D eigenvalue weighted by molar-refractivity contribution is -0.0162. The minimum absolute atomic E-state index is 0.00384. The molecule has 0 N–H and O–H groups in total. The molecule has 0 amide bonds. The van der Waals surface area contributed by atoms with E-state index in [1.807, 2.05) is 20.8 Å². The van der Waals surface area contributed by atoms with Gasteiger partial charge in [0.1, 0.15) is 22.3 Å². The molecule has 0 aromatic heterocycles. The quantitative estimate of drug-likeness (QED) is 0.585. The molecule has 1 aromatic rings. The molecule has 20 heavy (non-hydrogen) atoms. The van der Waals surface area contributed by atoms with E-state index in [0.717, 1.165) is 0 Å². The fraction of sp³-hybridized carbons (Fsp3) is 0.500. The summed E-state index contributed by atoms with van der Waals surface area (Å²) >= 11 is 11.8. The molecule has 0 saturated heterocycles. The molecule has 0 heterocycles. The van der Waals surface area contributed by atoms with E-state index in [0.29, 0.717) is 6.61 Å². The molecule has 0 radical (unpaired) electrons. The molecule has 0 fully saturated rings. The van der Waals surface area contributed by atoms with Crippen molar-refractivity contribution in [3.8, 4) is 5.75 Å². The number of benzene rings is 1. The third-order valence-corrected chi connectivity index (χ3v) is 4.49. The number of ether oxygens (including phenoxy) is 2. The van der Waals surface area contributed by atoms with E-state index in [2.05, 4.69) is 0 Å². The molecular formula is C12H15Cl3O4S. The maximum absolute atomic E-state index is 11.2. The molecule has 0 unspecified atom stereocenters. The Morgan fingerprint density at radius 2 is 1.70 bits per heavy atom. The number of halogens is 3. The smallest absolute Gasteiger partial charge is 0.262 e. The van der Waals surface area contributed by atoms with Crippen molar-refractivity contribution in [1.29, 1.82) is 0 Å². The summed E-state index contributed by atoms with van der Waals surface area (Å²) in [5, 5.41) is -0.153. The van der Waals surface area contributed by atoms with Crippen LogP contribution >= 0.6 is 33.9 Å². The second-order valence-corrected chi connectivity index (χ2v) is 8.23. The molecule has 0 saturated carbocycles. The van der Waals surface area contributed by atoms with Crippen molar-refractivity contribution >= 4 is 42.9 Å². The lowest BCUT2D eigenvalue weighted by Crippen LogP contribution is -2.22. The molecule has 4 nitrogen and oxygen atoms in total. The van der Waals surface area contributed by atoms with Gasteiger partial charge in [0.25, 0.3) is 9.05 Å². The van der Waals surface area contributed by atoms with Crippen LogP contribution in [0.5, 0.6) is 5.75 Å². The maximum atomic E-state index is 11.2. The highest BCUT2D eigenvalue weighted by Crippen LogP contribution is 2.37. The first-order chi connectivity index (χ1) is 9.02. The van der Waals surface area contributed by atoms with E-state index < -0.39 is 9.05 Å². The van der Waals surface area contributed by atoms with E-state index >= 15 is 0 Å². The van der Waals surface area contributed by atoms with E-state index in [1.54, 1.807) is 0 Å². The largest absolute Gasteiger partial charge is 0.490 e. The van der Waals surface area contributed by atoms with Gasteiger partial charge >= 0.3 is 0 Å². The zero-order valence-electron chi connectivity index (χ0n) is 11.2. The molecule has 114 valence electrons. The predicted octanol–water partition coefficient (Wildman–Crippen LogP) is 4.11. The van der Waals surface area contributed by atoms with Crippen molar-refractivity contribution in [2.75, 3.05) is 13.2 Å². The van der Waals surface area contributed by atoms with Crippen molar-refractivity contribution in [3.05, 3.63) is 22.2 Å². The molecule has 0 spiro atoms. The topological polar surface area (TPSA) is 52.6 Å². The van der Waals surface area contributed by atoms with Gasteiger partial charge in [-0.25, -0.2) is 8.42 Å². The Hall–Kier alpha value is -0.200. The molecule has 1 rings (SSSR count). The monoisotopic (exact) mass is 360 g/mol. The van der Waals surface area contributed by atoms with Crippen LogP contribution < -0.4 is 4.74 Å². The SMILES string of the molecule is CC(C)(C)OCCOc1ccc(S(=O)(=O)Cl)c(Cl)c1Cl. The van der Waals surface area contributed by atoms with Gasteiger partial charge in [-0.05, 0) is 32.9 Å². The van der Waals surface area contributed by atoms with Gasteiger partial charge < -0.3 is 9.47 Å². The number of rotatable bonds is 5. The number of hydrogen-bond acceptors (Lipinski definition) is 4. The fourth-order valence-electron chi connectivity index (χ4n) is 1.31. The summed E-state index contributed by atoms with van der Waals surface area (Å²) in [6.07, 6.45) is 0. The first-order valence-electron chi connectivity index (χ1n) is 5.72. The van der Waals surface area contributed by atoms with Crippen LogP contribution in [0.1, 0.15) is 20.8 Å². The Morgan fingerprint density at radius 3 is 2.20 bits per heavy atom. The van der Waals surface area contributed by atoms with Crippen molar-refractivity contribution < 1.29 is 17.9 Å². The van der Waals surface area contributed by atoms with Crippen LogP contribution in [0, 0.1) is 0 Å². The lowest BCUT2D eigenvalue weighted by Gasteiger charge is -2.19. The van der Waals surface area contributed by atoms with Gasteiger partial charge in [-0.15, -0.1) is 0 Å². The summed E-state index contributed by atoms with van der Waals surface area (Å²) in [5.41, 5.74) is -0.263. The third-order valence-electron chi connectivity index (χ3n) is 2.15. The van der Waals surface area contributed by atoms with E-state index in [1.165, 1.54) is 12.1 Å². The van der Waals surface area contributed by atoms with Gasteiger partial charge in [0.2, 0.25) is 0 Å². The highest BCUT2D eigenvalue weighted by Gasteiger charge is 2.20. The molecule has 0 atom stereocenters. The summed E-state index contributed by atoms with van der Waals surface area (Å²) in [5.74, 6) is 0.276. The molecule has 0 bridgehead atoms. The Bertz CT molecular complexity index is 579. The van der Waals surface area contributed by atoms with Crippen molar-refractivity contribution in [3.63, 3.8) is 0 Å². The Labute approximate surface area is 133 Å². The van der Waals surface area contributed by atoms with Crippen LogP contribution in [0.2, 0.25) is 10.0 Å². The van der Waals surface area contributed by atoms with Crippen molar-refractivity contribution in [2.45, 2.75) is 31.3 Å². The Kier molecular flexibility index (Phi) is 5.99. The lowest BCUT2D eigenvalue weighted by atomic mass is 10.2. The predicted molar refractivity (Wildman–Crippen MR) is 80.7 cm³/mol. The van der Waals surface area contributed by atoms with Gasteiger partial charge in [-0.1, -0.05) is 23.2 Å². The average molecular weight is 362 g/mol. The molecule has 0 aliphatic carbocycles. The summed E-state index contributed by atoms with van der Waals surface area (Å²) in [6.45, 7) is 6.41. The van der Waals surface area contributed by atoms with Gasteiger partial charge in [0, 0.05) is 10.7 Å². The highest BCUT2D eigenvalue weighted by molar-refractivity contribution is 8.13. The summed E-state index contributed by atoms with van der Waals surface area (Å²) in [4.78, 5) is -0.246. The van der Waals surface area contributed by atoms with Crippen molar-refractivity contribution in [2.24, 2.45) is 0 Å². The molecule has 0 aliphatic heterocycles. The molecular weight excluding hydrogens is 347 g/mol. The first-order valence-corrected chi connectivity index (χ1v) is 8.78. The average Bonchev–Trinajstić information content (AvgIpc) is 2.26. The zero-order chi connectivity index (χ0) is 15.6. The zero-order valence-corrected chi connectivity index (χ0v) is 14.3. The van der Waals surface area contributed by atoms with Crippen LogP contribution in [0.25, 0.3) is 0 Å².